The fourth-order valence-corrected chi connectivity index (χ4v) is 1.45. The van der Waals surface area contributed by atoms with E-state index in [0.29, 0.717) is 5.02 Å². The quantitative estimate of drug-likeness (QED) is 0.787. The summed E-state index contributed by atoms with van der Waals surface area (Å²) in [6, 6.07) is 6.75. The smallest absolute Gasteiger partial charge is 0.304 e. The Bertz CT molecular complexity index is 350. The van der Waals surface area contributed by atoms with Gasteiger partial charge in [0.25, 0.3) is 0 Å². The maximum atomic E-state index is 10.6. The van der Waals surface area contributed by atoms with E-state index in [1.807, 2.05) is 0 Å². The second-order valence-corrected chi connectivity index (χ2v) is 3.59. The Hall–Kier alpha value is -1.42. The van der Waals surface area contributed by atoms with E-state index in [1.54, 1.807) is 24.3 Å². The Morgan fingerprint density at radius 2 is 2.00 bits per heavy atom. The fourth-order valence-electron chi connectivity index (χ4n) is 1.32. The number of hydrogen-bond donors (Lipinski definition) is 1. The van der Waals surface area contributed by atoms with Crippen LogP contribution in [0.15, 0.2) is 29.4 Å². The van der Waals surface area contributed by atoms with E-state index in [9.17, 15) is 9.70 Å². The number of carbonyl (C=O) groups is 1. The summed E-state index contributed by atoms with van der Waals surface area (Å²) in [5.74, 6) is -1.32. The van der Waals surface area contributed by atoms with Gasteiger partial charge in [0, 0.05) is 10.9 Å². The molecule has 1 unspecified atom stereocenters. The predicted octanol–water partition coefficient (Wildman–Crippen LogP) is 2.66. The van der Waals surface area contributed by atoms with Crippen LogP contribution >= 0.6 is 11.6 Å². The van der Waals surface area contributed by atoms with Crippen LogP contribution in [0.2, 0.25) is 5.02 Å². The third kappa shape index (κ3) is 3.67. The first-order valence-electron chi connectivity index (χ1n) is 4.40. The number of nitrogens with zero attached hydrogens (tertiary/aromatic N) is 1. The molecule has 1 N–H and O–H groups in total. The monoisotopic (exact) mass is 227 g/mol. The molecule has 5 heteroatoms. The maximum absolute atomic E-state index is 10.6. The molecule has 15 heavy (non-hydrogen) atoms. The largest absolute Gasteiger partial charge is 0.481 e. The van der Waals surface area contributed by atoms with Gasteiger partial charge in [-0.05, 0) is 17.7 Å². The van der Waals surface area contributed by atoms with Crippen molar-refractivity contribution in [2.45, 2.75) is 12.3 Å². The van der Waals surface area contributed by atoms with E-state index in [-0.39, 0.29) is 18.9 Å². The molecule has 1 rings (SSSR count). The van der Waals surface area contributed by atoms with Crippen molar-refractivity contribution in [3.05, 3.63) is 39.8 Å². The Morgan fingerprint density at radius 1 is 1.40 bits per heavy atom. The van der Waals surface area contributed by atoms with Crippen LogP contribution in [0.3, 0.4) is 0 Å². The van der Waals surface area contributed by atoms with Crippen LogP contribution in [0.4, 0.5) is 0 Å². The fraction of sp³-hybridized carbons (Fsp3) is 0.300. The van der Waals surface area contributed by atoms with Gasteiger partial charge in [-0.1, -0.05) is 28.9 Å². The van der Waals surface area contributed by atoms with Gasteiger partial charge in [-0.3, -0.25) is 4.79 Å². The molecule has 0 saturated carbocycles. The van der Waals surface area contributed by atoms with Gasteiger partial charge in [-0.15, -0.1) is 0 Å². The summed E-state index contributed by atoms with van der Waals surface area (Å²) in [4.78, 5) is 20.7. The van der Waals surface area contributed by atoms with E-state index >= 15 is 0 Å². The van der Waals surface area contributed by atoms with Gasteiger partial charge in [0.2, 0.25) is 0 Å². The molecular weight excluding hydrogens is 218 g/mol. The van der Waals surface area contributed by atoms with Crippen LogP contribution in [0.5, 0.6) is 0 Å². The molecule has 1 atom stereocenters. The molecule has 0 radical (unpaired) electrons. The average molecular weight is 228 g/mol. The van der Waals surface area contributed by atoms with Crippen molar-refractivity contribution >= 4 is 17.6 Å². The minimum Gasteiger partial charge on any atom is -0.481 e. The molecule has 1 aromatic rings. The number of nitroso groups, excluding NO2 is 1. The van der Waals surface area contributed by atoms with E-state index in [4.69, 9.17) is 16.7 Å². The van der Waals surface area contributed by atoms with E-state index < -0.39 is 5.97 Å². The Kier molecular flexibility index (Phi) is 4.24. The standard InChI is InChI=1S/C10H10ClNO3/c11-9-3-1-7(2-4-9)8(6-12-15)5-10(13)14/h1-4,8H,5-6H2,(H,13,14). The third-order valence-electron chi connectivity index (χ3n) is 2.06. The average Bonchev–Trinajstić information content (AvgIpc) is 2.17. The lowest BCUT2D eigenvalue weighted by atomic mass is 9.96. The van der Waals surface area contributed by atoms with Gasteiger partial charge in [-0.2, -0.15) is 4.91 Å². The van der Waals surface area contributed by atoms with Crippen molar-refractivity contribution in [2.75, 3.05) is 6.54 Å². The lowest BCUT2D eigenvalue weighted by molar-refractivity contribution is -0.137. The Labute approximate surface area is 91.8 Å². The molecule has 0 aliphatic carbocycles. The van der Waals surface area contributed by atoms with Gasteiger partial charge >= 0.3 is 5.97 Å². The van der Waals surface area contributed by atoms with Crippen molar-refractivity contribution in [3.8, 4) is 0 Å². The summed E-state index contributed by atoms with van der Waals surface area (Å²) in [6.07, 6.45) is -0.104. The van der Waals surface area contributed by atoms with Crippen molar-refractivity contribution in [2.24, 2.45) is 5.18 Å². The zero-order chi connectivity index (χ0) is 11.3. The molecule has 0 bridgehead atoms. The maximum Gasteiger partial charge on any atom is 0.304 e. The zero-order valence-electron chi connectivity index (χ0n) is 7.89. The summed E-state index contributed by atoms with van der Waals surface area (Å²) in [5.41, 5.74) is 0.765. The summed E-state index contributed by atoms with van der Waals surface area (Å²) in [7, 11) is 0. The zero-order valence-corrected chi connectivity index (χ0v) is 8.65. The van der Waals surface area contributed by atoms with Crippen molar-refractivity contribution < 1.29 is 9.90 Å². The highest BCUT2D eigenvalue weighted by atomic mass is 35.5. The van der Waals surface area contributed by atoms with Gasteiger partial charge in [-0.25, -0.2) is 0 Å². The highest BCUT2D eigenvalue weighted by molar-refractivity contribution is 6.30. The highest BCUT2D eigenvalue weighted by Crippen LogP contribution is 2.22. The molecule has 0 saturated heterocycles. The summed E-state index contributed by atoms with van der Waals surface area (Å²) in [5, 5.41) is 12.0. The SMILES string of the molecule is O=NCC(CC(=O)O)c1ccc(Cl)cc1. The molecule has 1 aromatic carbocycles. The first-order chi connectivity index (χ1) is 7.13. The number of carboxylic acids is 1. The minimum absolute atomic E-state index is 0.0338. The summed E-state index contributed by atoms with van der Waals surface area (Å²) in [6.45, 7) is -0.0338. The van der Waals surface area contributed by atoms with Crippen LogP contribution in [0.1, 0.15) is 17.9 Å². The normalized spacial score (nSPS) is 12.1. The lowest BCUT2D eigenvalue weighted by Gasteiger charge is -2.10. The highest BCUT2D eigenvalue weighted by Gasteiger charge is 2.15. The van der Waals surface area contributed by atoms with Gasteiger partial charge in [0.05, 0.1) is 13.0 Å². The van der Waals surface area contributed by atoms with Crippen molar-refractivity contribution in [1.82, 2.24) is 0 Å². The second-order valence-electron chi connectivity index (χ2n) is 3.16. The van der Waals surface area contributed by atoms with E-state index in [0.717, 1.165) is 5.56 Å². The van der Waals surface area contributed by atoms with Gasteiger partial charge < -0.3 is 5.11 Å². The molecule has 4 nitrogen and oxygen atoms in total. The molecule has 0 aliphatic rings. The van der Waals surface area contributed by atoms with Crippen LogP contribution < -0.4 is 0 Å². The van der Waals surface area contributed by atoms with Crippen LogP contribution in [-0.4, -0.2) is 17.6 Å². The molecule has 80 valence electrons. The topological polar surface area (TPSA) is 66.7 Å². The number of aliphatic carboxylic acids is 1. The predicted molar refractivity (Wildman–Crippen MR) is 57.1 cm³/mol. The first kappa shape index (κ1) is 11.7. The lowest BCUT2D eigenvalue weighted by Crippen LogP contribution is -2.09. The Balaban J connectivity index is 2.83. The molecule has 0 aliphatic heterocycles. The first-order valence-corrected chi connectivity index (χ1v) is 4.77. The van der Waals surface area contributed by atoms with Gasteiger partial charge in [0.1, 0.15) is 0 Å². The second kappa shape index (κ2) is 5.46. The number of rotatable bonds is 5. The third-order valence-corrected chi connectivity index (χ3v) is 2.31. The van der Waals surface area contributed by atoms with E-state index in [1.165, 1.54) is 0 Å². The molecule has 0 aromatic heterocycles. The summed E-state index contributed by atoms with van der Waals surface area (Å²) >= 11 is 5.70. The number of hydrogen-bond acceptors (Lipinski definition) is 3. The molecule has 0 spiro atoms. The van der Waals surface area contributed by atoms with Crippen molar-refractivity contribution in [1.29, 1.82) is 0 Å². The molecule has 0 amide bonds. The minimum atomic E-state index is -0.946. The Morgan fingerprint density at radius 3 is 2.47 bits per heavy atom. The molecule has 0 fully saturated rings. The van der Waals surface area contributed by atoms with Crippen LogP contribution in [0, 0.1) is 4.91 Å². The number of halogens is 1. The van der Waals surface area contributed by atoms with Crippen LogP contribution in [-0.2, 0) is 4.79 Å². The molecular formula is C10H10ClNO3. The van der Waals surface area contributed by atoms with E-state index in [2.05, 4.69) is 5.18 Å². The van der Waals surface area contributed by atoms with Crippen LogP contribution in [0.25, 0.3) is 0 Å². The van der Waals surface area contributed by atoms with Crippen molar-refractivity contribution in [3.63, 3.8) is 0 Å². The number of carboxylic acid groups (broad SMARTS) is 1. The number of benzene rings is 1. The van der Waals surface area contributed by atoms with Gasteiger partial charge in [0.15, 0.2) is 0 Å². The summed E-state index contributed by atoms with van der Waals surface area (Å²) < 4.78 is 0. The molecule has 0 heterocycles.